The Hall–Kier alpha value is -2.30. The van der Waals surface area contributed by atoms with Gasteiger partial charge in [-0.3, -0.25) is 4.79 Å². The maximum Gasteiger partial charge on any atom is 0.273 e. The molecule has 5 heteroatoms. The average Bonchev–Trinajstić information content (AvgIpc) is 3.05. The fraction of sp³-hybridized carbons (Fsp3) is 0.565. The number of carbonyl (C=O) groups is 1. The molecule has 4 aliphatic rings. The van der Waals surface area contributed by atoms with Crippen molar-refractivity contribution in [1.82, 2.24) is 10.5 Å². The summed E-state index contributed by atoms with van der Waals surface area (Å²) in [5.74, 6) is 3.91. The summed E-state index contributed by atoms with van der Waals surface area (Å²) in [6, 6.07) is 9.59. The number of aromatic nitrogens is 1. The monoisotopic (exact) mass is 380 g/mol. The summed E-state index contributed by atoms with van der Waals surface area (Å²) >= 11 is 0. The molecule has 4 fully saturated rings. The van der Waals surface area contributed by atoms with Gasteiger partial charge in [0.15, 0.2) is 5.69 Å². The molecule has 0 radical (unpaired) electrons. The van der Waals surface area contributed by atoms with Gasteiger partial charge in [-0.25, -0.2) is 0 Å². The van der Waals surface area contributed by atoms with Gasteiger partial charge < -0.3 is 14.6 Å². The third kappa shape index (κ3) is 3.31. The van der Waals surface area contributed by atoms with Crippen molar-refractivity contribution in [3.63, 3.8) is 0 Å². The fourth-order valence-corrected chi connectivity index (χ4v) is 6.27. The van der Waals surface area contributed by atoms with Crippen LogP contribution >= 0.6 is 0 Å². The maximum atomic E-state index is 12.9. The molecule has 0 atom stereocenters. The van der Waals surface area contributed by atoms with Crippen LogP contribution in [0.5, 0.6) is 5.75 Å². The highest BCUT2D eigenvalue weighted by Crippen LogP contribution is 2.59. The van der Waals surface area contributed by atoms with Crippen LogP contribution in [0.1, 0.15) is 60.3 Å². The molecule has 1 aromatic heterocycles. The molecule has 0 spiro atoms. The van der Waals surface area contributed by atoms with E-state index in [-0.39, 0.29) is 12.5 Å². The van der Waals surface area contributed by atoms with Crippen molar-refractivity contribution >= 4 is 5.91 Å². The van der Waals surface area contributed by atoms with Crippen LogP contribution in [-0.4, -0.2) is 17.6 Å². The van der Waals surface area contributed by atoms with Crippen molar-refractivity contribution in [1.29, 1.82) is 0 Å². The molecule has 4 aliphatic carbocycles. The quantitative estimate of drug-likeness (QED) is 0.801. The highest BCUT2D eigenvalue weighted by Gasteiger charge is 2.50. The van der Waals surface area contributed by atoms with Gasteiger partial charge in [0.1, 0.15) is 18.1 Å². The second-order valence-corrected chi connectivity index (χ2v) is 9.27. The first-order valence-corrected chi connectivity index (χ1v) is 10.5. The summed E-state index contributed by atoms with van der Waals surface area (Å²) in [6.45, 7) is 2.87. The zero-order chi connectivity index (χ0) is 19.1. The highest BCUT2D eigenvalue weighted by atomic mass is 16.5. The molecule has 6 rings (SSSR count). The number of para-hydroxylation sites is 1. The molecule has 28 heavy (non-hydrogen) atoms. The van der Waals surface area contributed by atoms with Gasteiger partial charge in [-0.15, -0.1) is 0 Å². The zero-order valence-corrected chi connectivity index (χ0v) is 16.4. The van der Waals surface area contributed by atoms with E-state index in [4.69, 9.17) is 9.26 Å². The van der Waals surface area contributed by atoms with Gasteiger partial charge in [0.05, 0.1) is 5.56 Å². The number of nitrogens with zero attached hydrogens (tertiary/aromatic N) is 1. The Morgan fingerprint density at radius 2 is 1.79 bits per heavy atom. The molecular weight excluding hydrogens is 352 g/mol. The second-order valence-electron chi connectivity index (χ2n) is 9.27. The zero-order valence-electron chi connectivity index (χ0n) is 16.4. The minimum Gasteiger partial charge on any atom is -0.489 e. The smallest absolute Gasteiger partial charge is 0.273 e. The number of benzene rings is 1. The molecule has 0 saturated heterocycles. The van der Waals surface area contributed by atoms with Crippen LogP contribution in [0.4, 0.5) is 0 Å². The van der Waals surface area contributed by atoms with Gasteiger partial charge in [-0.1, -0.05) is 23.4 Å². The van der Waals surface area contributed by atoms with E-state index in [2.05, 4.69) is 10.5 Å². The molecule has 148 valence electrons. The van der Waals surface area contributed by atoms with Crippen molar-refractivity contribution in [2.24, 2.45) is 23.2 Å². The third-order valence-electron chi connectivity index (χ3n) is 7.12. The van der Waals surface area contributed by atoms with E-state index in [0.29, 0.717) is 16.9 Å². The lowest BCUT2D eigenvalue weighted by Crippen LogP contribution is -2.51. The van der Waals surface area contributed by atoms with Crippen LogP contribution in [0, 0.1) is 30.1 Å². The van der Waals surface area contributed by atoms with Crippen molar-refractivity contribution in [2.45, 2.75) is 52.1 Å². The first-order valence-electron chi connectivity index (χ1n) is 10.5. The Morgan fingerprint density at radius 3 is 2.43 bits per heavy atom. The van der Waals surface area contributed by atoms with Crippen molar-refractivity contribution in [3.05, 3.63) is 47.3 Å². The molecular formula is C23H28N2O3. The Labute approximate surface area is 165 Å². The summed E-state index contributed by atoms with van der Waals surface area (Å²) in [6.07, 6.45) is 8.08. The third-order valence-corrected chi connectivity index (χ3v) is 7.12. The van der Waals surface area contributed by atoms with Crippen molar-refractivity contribution in [3.8, 4) is 5.75 Å². The Bertz CT molecular complexity index is 823. The van der Waals surface area contributed by atoms with E-state index < -0.39 is 0 Å². The van der Waals surface area contributed by atoms with Crippen LogP contribution in [0.2, 0.25) is 0 Å². The van der Waals surface area contributed by atoms with Gasteiger partial charge in [0, 0.05) is 6.54 Å². The minimum atomic E-state index is -0.140. The number of hydrogen-bond donors (Lipinski definition) is 1. The van der Waals surface area contributed by atoms with E-state index in [0.717, 1.165) is 35.6 Å². The van der Waals surface area contributed by atoms with Gasteiger partial charge >= 0.3 is 0 Å². The molecule has 1 heterocycles. The van der Waals surface area contributed by atoms with Crippen LogP contribution in [0.15, 0.2) is 34.9 Å². The van der Waals surface area contributed by atoms with Crippen LogP contribution < -0.4 is 10.1 Å². The van der Waals surface area contributed by atoms with E-state index in [1.807, 2.05) is 37.3 Å². The van der Waals surface area contributed by atoms with E-state index in [9.17, 15) is 4.79 Å². The summed E-state index contributed by atoms with van der Waals surface area (Å²) in [5.41, 5.74) is 1.40. The van der Waals surface area contributed by atoms with Gasteiger partial charge in [-0.05, 0) is 80.8 Å². The minimum absolute atomic E-state index is 0.140. The van der Waals surface area contributed by atoms with Crippen LogP contribution in [-0.2, 0) is 6.61 Å². The fourth-order valence-electron chi connectivity index (χ4n) is 6.27. The van der Waals surface area contributed by atoms with Gasteiger partial charge in [-0.2, -0.15) is 0 Å². The summed E-state index contributed by atoms with van der Waals surface area (Å²) < 4.78 is 11.1. The topological polar surface area (TPSA) is 64.4 Å². The van der Waals surface area contributed by atoms with Gasteiger partial charge in [0.25, 0.3) is 5.91 Å². The first kappa shape index (κ1) is 17.8. The average molecular weight is 380 g/mol. The largest absolute Gasteiger partial charge is 0.489 e. The Balaban J connectivity index is 1.25. The lowest BCUT2D eigenvalue weighted by molar-refractivity contribution is -0.0503. The SMILES string of the molecule is Cc1onc(C(=O)NCC23CC4CC(CC(C4)C2)C3)c1COc1ccccc1. The molecule has 1 N–H and O–H groups in total. The molecule has 4 saturated carbocycles. The molecule has 5 nitrogen and oxygen atoms in total. The highest BCUT2D eigenvalue weighted by molar-refractivity contribution is 5.93. The molecule has 4 bridgehead atoms. The van der Waals surface area contributed by atoms with Crippen LogP contribution in [0.3, 0.4) is 0 Å². The van der Waals surface area contributed by atoms with Crippen molar-refractivity contribution < 1.29 is 14.1 Å². The number of amides is 1. The number of hydrogen-bond acceptors (Lipinski definition) is 4. The lowest BCUT2D eigenvalue weighted by atomic mass is 9.49. The standard InChI is InChI=1S/C23H28N2O3/c1-15-20(13-27-19-5-3-2-4-6-19)21(25-28-15)22(26)24-14-23-10-16-7-17(11-23)9-18(8-16)12-23/h2-6,16-18H,7-14H2,1H3,(H,24,26). The summed E-state index contributed by atoms with van der Waals surface area (Å²) in [5, 5.41) is 7.22. The predicted molar refractivity (Wildman–Crippen MR) is 105 cm³/mol. The van der Waals surface area contributed by atoms with Crippen LogP contribution in [0.25, 0.3) is 0 Å². The summed E-state index contributed by atoms with van der Waals surface area (Å²) in [7, 11) is 0. The lowest BCUT2D eigenvalue weighted by Gasteiger charge is -2.56. The maximum absolute atomic E-state index is 12.9. The molecule has 1 aromatic carbocycles. The Kier molecular flexibility index (Phi) is 4.41. The molecule has 0 aliphatic heterocycles. The number of nitrogens with one attached hydrogen (secondary N) is 1. The number of rotatable bonds is 6. The molecule has 1 amide bonds. The molecule has 2 aromatic rings. The van der Waals surface area contributed by atoms with E-state index in [1.165, 1.54) is 38.5 Å². The van der Waals surface area contributed by atoms with E-state index in [1.54, 1.807) is 0 Å². The number of carbonyl (C=O) groups excluding carboxylic acids is 1. The second kappa shape index (κ2) is 6.94. The van der Waals surface area contributed by atoms with Crippen molar-refractivity contribution in [2.75, 3.05) is 6.54 Å². The molecule has 0 unspecified atom stereocenters. The van der Waals surface area contributed by atoms with Gasteiger partial charge in [0.2, 0.25) is 0 Å². The number of aryl methyl sites for hydroxylation is 1. The summed E-state index contributed by atoms with van der Waals surface area (Å²) in [4.78, 5) is 12.9. The normalized spacial score (nSPS) is 30.4. The number of ether oxygens (including phenoxy) is 1. The Morgan fingerprint density at radius 1 is 1.14 bits per heavy atom. The first-order chi connectivity index (χ1) is 13.6. The predicted octanol–water partition coefficient (Wildman–Crippen LogP) is 4.51. The van der Waals surface area contributed by atoms with E-state index >= 15 is 0 Å².